The second-order valence-electron chi connectivity index (χ2n) is 4.07. The predicted molar refractivity (Wildman–Crippen MR) is 69.4 cm³/mol. The van der Waals surface area contributed by atoms with Crippen molar-refractivity contribution in [1.29, 1.82) is 0 Å². The van der Waals surface area contributed by atoms with Gasteiger partial charge in [0.15, 0.2) is 0 Å². The maximum Gasteiger partial charge on any atom is 0.145 e. The number of hydrogen-bond acceptors (Lipinski definition) is 3. The van der Waals surface area contributed by atoms with E-state index in [1.165, 1.54) is 0 Å². The molecule has 1 N–H and O–H groups in total. The molecular weight excluding hydrogens is 251 g/mol. The Labute approximate surface area is 105 Å². The summed E-state index contributed by atoms with van der Waals surface area (Å²) in [5.41, 5.74) is 0. The molecular formula is C10H14Cl2N2S. The van der Waals surface area contributed by atoms with Crippen LogP contribution in [-0.2, 0) is 0 Å². The van der Waals surface area contributed by atoms with Gasteiger partial charge in [0.1, 0.15) is 10.8 Å². The Morgan fingerprint density at radius 1 is 1.27 bits per heavy atom. The first kappa shape index (κ1) is 12.9. The molecule has 0 amide bonds. The van der Waals surface area contributed by atoms with Crippen LogP contribution in [0.3, 0.4) is 0 Å². The highest BCUT2D eigenvalue weighted by molar-refractivity contribution is 8.00. The Kier molecular flexibility index (Phi) is 4.15. The fourth-order valence-electron chi connectivity index (χ4n) is 0.987. The summed E-state index contributed by atoms with van der Waals surface area (Å²) in [7, 11) is 1.79. The molecule has 15 heavy (non-hydrogen) atoms. The molecule has 0 aliphatic heterocycles. The topological polar surface area (TPSA) is 24.9 Å². The van der Waals surface area contributed by atoms with E-state index in [1.54, 1.807) is 24.9 Å². The van der Waals surface area contributed by atoms with Gasteiger partial charge in [0.05, 0.1) is 10.0 Å². The summed E-state index contributed by atoms with van der Waals surface area (Å²) < 4.78 is 0.0789. The minimum absolute atomic E-state index is 0.0789. The summed E-state index contributed by atoms with van der Waals surface area (Å²) in [6, 6.07) is 1.72. The van der Waals surface area contributed by atoms with Gasteiger partial charge in [0.25, 0.3) is 0 Å². The van der Waals surface area contributed by atoms with Crippen LogP contribution in [0.15, 0.2) is 11.1 Å². The van der Waals surface area contributed by atoms with E-state index in [0.717, 1.165) is 5.03 Å². The van der Waals surface area contributed by atoms with E-state index < -0.39 is 0 Å². The molecule has 0 bridgehead atoms. The van der Waals surface area contributed by atoms with Gasteiger partial charge in [0, 0.05) is 11.8 Å². The van der Waals surface area contributed by atoms with E-state index in [-0.39, 0.29) is 4.75 Å². The first-order valence-electron chi connectivity index (χ1n) is 4.56. The van der Waals surface area contributed by atoms with Crippen LogP contribution in [0.4, 0.5) is 5.82 Å². The molecule has 0 saturated heterocycles. The average molecular weight is 265 g/mol. The SMILES string of the molecule is CNc1nc(SC(C)(C)C)c(Cl)cc1Cl. The zero-order valence-electron chi connectivity index (χ0n) is 9.19. The molecule has 1 heterocycles. The average Bonchev–Trinajstić information content (AvgIpc) is 2.07. The number of pyridine rings is 1. The first-order chi connectivity index (χ1) is 6.83. The monoisotopic (exact) mass is 264 g/mol. The van der Waals surface area contributed by atoms with Crippen molar-refractivity contribution < 1.29 is 0 Å². The molecule has 1 aromatic heterocycles. The van der Waals surface area contributed by atoms with Gasteiger partial charge in [-0.1, -0.05) is 55.7 Å². The van der Waals surface area contributed by atoms with Crippen LogP contribution in [0.2, 0.25) is 10.0 Å². The number of rotatable bonds is 2. The van der Waals surface area contributed by atoms with Gasteiger partial charge in [0.2, 0.25) is 0 Å². The van der Waals surface area contributed by atoms with E-state index in [0.29, 0.717) is 15.9 Å². The lowest BCUT2D eigenvalue weighted by atomic mass is 10.3. The number of nitrogens with one attached hydrogen (secondary N) is 1. The number of nitrogens with zero attached hydrogens (tertiary/aromatic N) is 1. The van der Waals surface area contributed by atoms with Crippen molar-refractivity contribution in [3.8, 4) is 0 Å². The summed E-state index contributed by atoms with van der Waals surface area (Å²) in [5, 5.41) is 4.88. The predicted octanol–water partition coefficient (Wildman–Crippen LogP) is 4.32. The minimum atomic E-state index is 0.0789. The van der Waals surface area contributed by atoms with Crippen LogP contribution < -0.4 is 5.32 Å². The van der Waals surface area contributed by atoms with Crippen molar-refractivity contribution in [3.05, 3.63) is 16.1 Å². The van der Waals surface area contributed by atoms with Crippen LogP contribution in [0.25, 0.3) is 0 Å². The molecule has 0 unspecified atom stereocenters. The van der Waals surface area contributed by atoms with Crippen LogP contribution in [0.5, 0.6) is 0 Å². The molecule has 1 rings (SSSR count). The van der Waals surface area contributed by atoms with Gasteiger partial charge in [-0.05, 0) is 6.07 Å². The maximum absolute atomic E-state index is 6.07. The standard InChI is InChI=1S/C10H14Cl2N2S/c1-10(2,3)15-9-7(12)5-6(11)8(13-4)14-9/h5H,1-4H3,(H,13,14). The van der Waals surface area contributed by atoms with E-state index in [1.807, 2.05) is 0 Å². The Balaban J connectivity index is 3.08. The highest BCUT2D eigenvalue weighted by Crippen LogP contribution is 2.37. The lowest BCUT2D eigenvalue weighted by Crippen LogP contribution is -2.08. The lowest BCUT2D eigenvalue weighted by molar-refractivity contribution is 0.799. The second-order valence-corrected chi connectivity index (χ2v) is 6.70. The number of aromatic nitrogens is 1. The van der Waals surface area contributed by atoms with Crippen molar-refractivity contribution in [1.82, 2.24) is 4.98 Å². The third kappa shape index (κ3) is 3.74. The summed E-state index contributed by atoms with van der Waals surface area (Å²) in [6.45, 7) is 6.34. The number of thioether (sulfide) groups is 1. The molecule has 5 heteroatoms. The Bertz CT molecular complexity index is 361. The molecule has 2 nitrogen and oxygen atoms in total. The summed E-state index contributed by atoms with van der Waals surface area (Å²) in [5.74, 6) is 0.660. The van der Waals surface area contributed by atoms with E-state index >= 15 is 0 Å². The van der Waals surface area contributed by atoms with Gasteiger partial charge in [-0.15, -0.1) is 0 Å². The number of anilines is 1. The van der Waals surface area contributed by atoms with Crippen molar-refractivity contribution in [3.63, 3.8) is 0 Å². The van der Waals surface area contributed by atoms with Crippen LogP contribution >= 0.6 is 35.0 Å². The second kappa shape index (κ2) is 4.81. The largest absolute Gasteiger partial charge is 0.372 e. The Morgan fingerprint density at radius 2 is 1.87 bits per heavy atom. The quantitative estimate of drug-likeness (QED) is 0.806. The highest BCUT2D eigenvalue weighted by atomic mass is 35.5. The molecule has 0 aliphatic carbocycles. The number of hydrogen-bond donors (Lipinski definition) is 1. The summed E-state index contributed by atoms with van der Waals surface area (Å²) >= 11 is 13.6. The fourth-order valence-corrected chi connectivity index (χ4v) is 2.43. The van der Waals surface area contributed by atoms with Crippen molar-refractivity contribution in [2.45, 2.75) is 30.5 Å². The van der Waals surface area contributed by atoms with Gasteiger partial charge in [-0.25, -0.2) is 4.98 Å². The van der Waals surface area contributed by atoms with Gasteiger partial charge in [-0.2, -0.15) is 0 Å². The molecule has 0 radical (unpaired) electrons. The maximum atomic E-state index is 6.07. The van der Waals surface area contributed by atoms with Crippen LogP contribution in [-0.4, -0.2) is 16.8 Å². The number of halogens is 2. The lowest BCUT2D eigenvalue weighted by Gasteiger charge is -2.18. The van der Waals surface area contributed by atoms with E-state index in [4.69, 9.17) is 23.2 Å². The molecule has 1 aromatic rings. The van der Waals surface area contributed by atoms with Crippen molar-refractivity contribution in [2.24, 2.45) is 0 Å². The van der Waals surface area contributed by atoms with E-state index in [9.17, 15) is 0 Å². The third-order valence-electron chi connectivity index (χ3n) is 1.54. The molecule has 0 fully saturated rings. The van der Waals surface area contributed by atoms with Crippen molar-refractivity contribution >= 4 is 40.8 Å². The van der Waals surface area contributed by atoms with Crippen LogP contribution in [0, 0.1) is 0 Å². The zero-order chi connectivity index (χ0) is 11.6. The summed E-state index contributed by atoms with van der Waals surface area (Å²) in [4.78, 5) is 4.36. The van der Waals surface area contributed by atoms with Crippen molar-refractivity contribution in [2.75, 3.05) is 12.4 Å². The molecule has 0 aliphatic rings. The molecule has 0 saturated carbocycles. The normalized spacial score (nSPS) is 11.6. The Hall–Kier alpha value is -0.120. The molecule has 0 spiro atoms. The molecule has 0 aromatic carbocycles. The molecule has 84 valence electrons. The Morgan fingerprint density at radius 3 is 2.33 bits per heavy atom. The summed E-state index contributed by atoms with van der Waals surface area (Å²) in [6.07, 6.45) is 0. The smallest absolute Gasteiger partial charge is 0.145 e. The van der Waals surface area contributed by atoms with Gasteiger partial charge < -0.3 is 5.32 Å². The van der Waals surface area contributed by atoms with Gasteiger partial charge >= 0.3 is 0 Å². The van der Waals surface area contributed by atoms with Crippen LogP contribution in [0.1, 0.15) is 20.8 Å². The van der Waals surface area contributed by atoms with E-state index in [2.05, 4.69) is 31.1 Å². The first-order valence-corrected chi connectivity index (χ1v) is 6.13. The third-order valence-corrected chi connectivity index (χ3v) is 3.34. The van der Waals surface area contributed by atoms with Gasteiger partial charge in [-0.3, -0.25) is 0 Å². The minimum Gasteiger partial charge on any atom is -0.372 e. The highest BCUT2D eigenvalue weighted by Gasteiger charge is 2.17. The zero-order valence-corrected chi connectivity index (χ0v) is 11.5. The molecule has 0 atom stereocenters. The fraction of sp³-hybridized carbons (Fsp3) is 0.500.